The molecule has 0 saturated carbocycles. The molecule has 0 aliphatic heterocycles. The second-order valence-corrected chi connectivity index (χ2v) is 6.14. The smallest absolute Gasteiger partial charge is 0.327 e. The summed E-state index contributed by atoms with van der Waals surface area (Å²) in [7, 11) is -2.14. The van der Waals surface area contributed by atoms with Crippen LogP contribution in [0.25, 0.3) is 0 Å². The summed E-state index contributed by atoms with van der Waals surface area (Å²) in [6.07, 6.45) is 1.42. The number of aryl methyl sites for hydroxylation is 1. The highest BCUT2D eigenvalue weighted by atomic mass is 32.2. The average Bonchev–Trinajstić information content (AvgIpc) is 2.60. The van der Waals surface area contributed by atoms with E-state index in [-0.39, 0.29) is 5.69 Å². The number of sulfone groups is 1. The number of carbonyl (C=O) groups excluding carboxylic acids is 1. The van der Waals surface area contributed by atoms with Gasteiger partial charge in [-0.3, -0.25) is 9.48 Å². The van der Waals surface area contributed by atoms with E-state index in [1.807, 2.05) is 0 Å². The Morgan fingerprint density at radius 2 is 2.16 bits per heavy atom. The zero-order chi connectivity index (χ0) is 14.6. The Hall–Kier alpha value is -1.97. The number of aliphatic carboxylic acids is 1. The number of nitrogens with one attached hydrogen (secondary N) is 1. The first-order valence-corrected chi connectivity index (χ1v) is 7.07. The highest BCUT2D eigenvalue weighted by molar-refractivity contribution is 7.90. The molecule has 0 aliphatic rings. The third kappa shape index (κ3) is 5.04. The molecular formula is C9H14N4O5S. The molecule has 0 radical (unpaired) electrons. The molecule has 19 heavy (non-hydrogen) atoms. The normalized spacial score (nSPS) is 12.9. The SMILES string of the molecule is CC(=O)N[C@@H](CS(=O)(=O)Cc1cn(C)nn1)C(=O)O. The van der Waals surface area contributed by atoms with Gasteiger partial charge in [0.1, 0.15) is 6.04 Å². The Balaban J connectivity index is 2.76. The van der Waals surface area contributed by atoms with Crippen molar-refractivity contribution in [2.45, 2.75) is 18.7 Å². The van der Waals surface area contributed by atoms with Crippen molar-refractivity contribution in [1.82, 2.24) is 20.3 Å². The maximum Gasteiger partial charge on any atom is 0.327 e. The number of carbonyl (C=O) groups is 2. The van der Waals surface area contributed by atoms with E-state index in [2.05, 4.69) is 15.6 Å². The second-order valence-electron chi connectivity index (χ2n) is 4.03. The van der Waals surface area contributed by atoms with Crippen LogP contribution >= 0.6 is 0 Å². The highest BCUT2D eigenvalue weighted by Crippen LogP contribution is 2.04. The van der Waals surface area contributed by atoms with Gasteiger partial charge in [-0.25, -0.2) is 13.2 Å². The summed E-state index contributed by atoms with van der Waals surface area (Å²) in [5.74, 6) is -3.14. The molecule has 1 aromatic heterocycles. The van der Waals surface area contributed by atoms with Gasteiger partial charge in [0.2, 0.25) is 5.91 Å². The number of aromatic nitrogens is 3. The number of rotatable bonds is 6. The fourth-order valence-corrected chi connectivity index (χ4v) is 2.85. The predicted molar refractivity (Wildman–Crippen MR) is 63.7 cm³/mol. The lowest BCUT2D eigenvalue weighted by atomic mass is 10.3. The topological polar surface area (TPSA) is 131 Å². The van der Waals surface area contributed by atoms with Gasteiger partial charge in [0, 0.05) is 20.2 Å². The van der Waals surface area contributed by atoms with Gasteiger partial charge >= 0.3 is 5.97 Å². The van der Waals surface area contributed by atoms with Crippen molar-refractivity contribution in [3.63, 3.8) is 0 Å². The fourth-order valence-electron chi connectivity index (χ4n) is 1.42. The third-order valence-electron chi connectivity index (χ3n) is 2.11. The van der Waals surface area contributed by atoms with E-state index in [9.17, 15) is 18.0 Å². The largest absolute Gasteiger partial charge is 0.480 e. The number of nitrogens with zero attached hydrogens (tertiary/aromatic N) is 3. The van der Waals surface area contributed by atoms with Gasteiger partial charge in [-0.15, -0.1) is 5.10 Å². The van der Waals surface area contributed by atoms with Gasteiger partial charge < -0.3 is 10.4 Å². The number of hydrogen-bond donors (Lipinski definition) is 2. The molecule has 106 valence electrons. The van der Waals surface area contributed by atoms with Crippen LogP contribution in [0.15, 0.2) is 6.20 Å². The molecule has 0 aromatic carbocycles. The first-order valence-electron chi connectivity index (χ1n) is 5.25. The maximum atomic E-state index is 11.8. The molecule has 0 saturated heterocycles. The Morgan fingerprint density at radius 1 is 1.53 bits per heavy atom. The van der Waals surface area contributed by atoms with Crippen molar-refractivity contribution < 1.29 is 23.1 Å². The third-order valence-corrected chi connectivity index (χ3v) is 3.69. The molecule has 0 spiro atoms. The molecule has 1 amide bonds. The van der Waals surface area contributed by atoms with Gasteiger partial charge in [-0.2, -0.15) is 0 Å². The molecule has 0 aliphatic carbocycles. The van der Waals surface area contributed by atoms with Crippen LogP contribution in [-0.4, -0.2) is 52.2 Å². The zero-order valence-electron chi connectivity index (χ0n) is 10.4. The van der Waals surface area contributed by atoms with Crippen LogP contribution in [0.1, 0.15) is 12.6 Å². The quantitative estimate of drug-likeness (QED) is 0.639. The van der Waals surface area contributed by atoms with E-state index in [1.54, 1.807) is 7.05 Å². The number of hydrogen-bond acceptors (Lipinski definition) is 6. The lowest BCUT2D eigenvalue weighted by molar-refractivity contribution is -0.140. The Labute approximate surface area is 109 Å². The summed E-state index contributed by atoms with van der Waals surface area (Å²) in [5.41, 5.74) is 0.217. The van der Waals surface area contributed by atoms with Gasteiger partial charge in [0.25, 0.3) is 0 Å². The van der Waals surface area contributed by atoms with Crippen LogP contribution in [-0.2, 0) is 32.2 Å². The molecule has 1 rings (SSSR count). The van der Waals surface area contributed by atoms with E-state index in [4.69, 9.17) is 5.11 Å². The molecule has 0 bridgehead atoms. The molecular weight excluding hydrogens is 276 g/mol. The lowest BCUT2D eigenvalue weighted by Crippen LogP contribution is -2.44. The lowest BCUT2D eigenvalue weighted by Gasteiger charge is -2.12. The molecule has 1 atom stereocenters. The van der Waals surface area contributed by atoms with Crippen LogP contribution in [0.5, 0.6) is 0 Å². The Kier molecular flexibility index (Phi) is 4.59. The van der Waals surface area contributed by atoms with E-state index >= 15 is 0 Å². The summed E-state index contributed by atoms with van der Waals surface area (Å²) in [6.45, 7) is 1.12. The molecule has 0 fully saturated rings. The maximum absolute atomic E-state index is 11.8. The van der Waals surface area contributed by atoms with Gasteiger partial charge in [0.15, 0.2) is 9.84 Å². The average molecular weight is 290 g/mol. The van der Waals surface area contributed by atoms with Crippen molar-refractivity contribution >= 4 is 21.7 Å². The van der Waals surface area contributed by atoms with Crippen molar-refractivity contribution in [1.29, 1.82) is 0 Å². The van der Waals surface area contributed by atoms with Crippen LogP contribution in [0.4, 0.5) is 0 Å². The summed E-state index contributed by atoms with van der Waals surface area (Å²) in [4.78, 5) is 21.7. The first-order chi connectivity index (χ1) is 8.69. The molecule has 2 N–H and O–H groups in total. The van der Waals surface area contributed by atoms with Crippen LogP contribution < -0.4 is 5.32 Å². The number of carboxylic acids is 1. The molecule has 0 unspecified atom stereocenters. The van der Waals surface area contributed by atoms with E-state index in [0.717, 1.165) is 6.92 Å². The van der Waals surface area contributed by atoms with Crippen molar-refractivity contribution in [3.8, 4) is 0 Å². The first kappa shape index (κ1) is 15.1. The molecule has 9 nitrogen and oxygen atoms in total. The molecule has 1 aromatic rings. The monoisotopic (exact) mass is 290 g/mol. The van der Waals surface area contributed by atoms with E-state index in [1.165, 1.54) is 10.9 Å². The van der Waals surface area contributed by atoms with E-state index < -0.39 is 39.3 Å². The fraction of sp³-hybridized carbons (Fsp3) is 0.556. The van der Waals surface area contributed by atoms with Crippen molar-refractivity contribution in [2.24, 2.45) is 7.05 Å². The number of carboxylic acid groups (broad SMARTS) is 1. The van der Waals surface area contributed by atoms with Crippen LogP contribution in [0.2, 0.25) is 0 Å². The summed E-state index contributed by atoms with van der Waals surface area (Å²) in [6, 6.07) is -1.47. The summed E-state index contributed by atoms with van der Waals surface area (Å²) in [5, 5.41) is 18.1. The minimum Gasteiger partial charge on any atom is -0.480 e. The Morgan fingerprint density at radius 3 is 2.58 bits per heavy atom. The Bertz CT molecular complexity index is 579. The van der Waals surface area contributed by atoms with E-state index in [0.29, 0.717) is 0 Å². The van der Waals surface area contributed by atoms with Crippen LogP contribution in [0, 0.1) is 0 Å². The van der Waals surface area contributed by atoms with Gasteiger partial charge in [-0.05, 0) is 0 Å². The van der Waals surface area contributed by atoms with Gasteiger partial charge in [-0.1, -0.05) is 5.21 Å². The van der Waals surface area contributed by atoms with Crippen molar-refractivity contribution in [3.05, 3.63) is 11.9 Å². The standard InChI is InChI=1S/C9H14N4O5S/c1-6(14)10-8(9(15)16)5-19(17,18)4-7-3-13(2)12-11-7/h3,8H,4-5H2,1-2H3,(H,10,14)(H,15,16)/t8-/m0/s1. The zero-order valence-corrected chi connectivity index (χ0v) is 11.2. The minimum absolute atomic E-state index is 0.217. The highest BCUT2D eigenvalue weighted by Gasteiger charge is 2.26. The molecule has 1 heterocycles. The van der Waals surface area contributed by atoms with Gasteiger partial charge in [0.05, 0.1) is 17.2 Å². The number of amides is 1. The summed E-state index contributed by atoms with van der Waals surface area (Å²) >= 11 is 0. The molecule has 10 heteroatoms. The van der Waals surface area contributed by atoms with Crippen LogP contribution in [0.3, 0.4) is 0 Å². The second kappa shape index (κ2) is 5.78. The predicted octanol–water partition coefficient (Wildman–Crippen LogP) is -1.68. The summed E-state index contributed by atoms with van der Waals surface area (Å²) < 4.78 is 25.0. The van der Waals surface area contributed by atoms with Crippen molar-refractivity contribution in [2.75, 3.05) is 5.75 Å². The minimum atomic E-state index is -3.72.